The molecule has 2 unspecified atom stereocenters. The van der Waals surface area contributed by atoms with E-state index in [4.69, 9.17) is 11.0 Å². The predicted octanol–water partition coefficient (Wildman–Crippen LogP) is 3.13. The predicted molar refractivity (Wildman–Crippen MR) is 70.6 cm³/mol. The molecule has 1 aromatic carbocycles. The van der Waals surface area contributed by atoms with Crippen LogP contribution in [0.3, 0.4) is 0 Å². The van der Waals surface area contributed by atoms with Gasteiger partial charge in [0, 0.05) is 6.04 Å². The minimum Gasteiger partial charge on any atom is -0.397 e. The van der Waals surface area contributed by atoms with Gasteiger partial charge < -0.3 is 11.1 Å². The van der Waals surface area contributed by atoms with E-state index in [0.717, 1.165) is 11.6 Å². The molecule has 0 amide bonds. The van der Waals surface area contributed by atoms with Gasteiger partial charge in [0.25, 0.3) is 0 Å². The molecule has 90 valence electrons. The van der Waals surface area contributed by atoms with Gasteiger partial charge in [0.1, 0.15) is 0 Å². The second-order valence-electron chi connectivity index (χ2n) is 5.03. The lowest BCUT2D eigenvalue weighted by atomic mass is 9.87. The van der Waals surface area contributed by atoms with Crippen molar-refractivity contribution in [1.82, 2.24) is 0 Å². The van der Waals surface area contributed by atoms with Crippen LogP contribution in [0.2, 0.25) is 0 Å². The molecule has 1 fully saturated rings. The smallest absolute Gasteiger partial charge is 0.0992 e. The van der Waals surface area contributed by atoms with Crippen molar-refractivity contribution in [2.24, 2.45) is 5.92 Å². The summed E-state index contributed by atoms with van der Waals surface area (Å²) < 4.78 is 0. The Morgan fingerprint density at radius 1 is 1.41 bits per heavy atom. The minimum atomic E-state index is 0.522. The molecule has 0 heterocycles. The van der Waals surface area contributed by atoms with Crippen molar-refractivity contribution >= 4 is 11.4 Å². The third-order valence-corrected chi connectivity index (χ3v) is 3.48. The summed E-state index contributed by atoms with van der Waals surface area (Å²) in [7, 11) is 0. The van der Waals surface area contributed by atoms with Crippen LogP contribution in [0.15, 0.2) is 18.2 Å². The highest BCUT2D eigenvalue weighted by Gasteiger charge is 2.19. The second kappa shape index (κ2) is 5.09. The molecule has 17 heavy (non-hydrogen) atoms. The van der Waals surface area contributed by atoms with Crippen LogP contribution in [-0.2, 0) is 0 Å². The molecule has 0 aliphatic heterocycles. The third kappa shape index (κ3) is 2.91. The van der Waals surface area contributed by atoms with Gasteiger partial charge >= 0.3 is 0 Å². The molecule has 0 spiro atoms. The molecule has 3 nitrogen and oxygen atoms in total. The summed E-state index contributed by atoms with van der Waals surface area (Å²) >= 11 is 0. The zero-order valence-electron chi connectivity index (χ0n) is 10.2. The average Bonchev–Trinajstić information content (AvgIpc) is 2.32. The molecule has 1 saturated carbocycles. The minimum absolute atomic E-state index is 0.522. The van der Waals surface area contributed by atoms with Crippen molar-refractivity contribution in [3.63, 3.8) is 0 Å². The van der Waals surface area contributed by atoms with Gasteiger partial charge in [0.2, 0.25) is 0 Å². The fraction of sp³-hybridized carbons (Fsp3) is 0.500. The SMILES string of the molecule is CC1CCCC(Nc2ccc(C#N)cc2N)C1. The number of hydrogen-bond acceptors (Lipinski definition) is 3. The van der Waals surface area contributed by atoms with Gasteiger partial charge in [0.05, 0.1) is 23.0 Å². The maximum absolute atomic E-state index is 8.78. The number of nitrogen functional groups attached to an aromatic ring is 1. The van der Waals surface area contributed by atoms with Crippen LogP contribution in [0.25, 0.3) is 0 Å². The molecular weight excluding hydrogens is 210 g/mol. The van der Waals surface area contributed by atoms with E-state index >= 15 is 0 Å². The molecule has 3 N–H and O–H groups in total. The highest BCUT2D eigenvalue weighted by molar-refractivity contribution is 5.68. The summed E-state index contributed by atoms with van der Waals surface area (Å²) in [6.45, 7) is 2.30. The zero-order valence-corrected chi connectivity index (χ0v) is 10.2. The van der Waals surface area contributed by atoms with Gasteiger partial charge in [-0.3, -0.25) is 0 Å². The van der Waals surface area contributed by atoms with E-state index in [9.17, 15) is 0 Å². The number of anilines is 2. The van der Waals surface area contributed by atoms with Crippen LogP contribution in [0.5, 0.6) is 0 Å². The van der Waals surface area contributed by atoms with Crippen molar-refractivity contribution in [2.75, 3.05) is 11.1 Å². The fourth-order valence-electron chi connectivity index (χ4n) is 2.55. The molecule has 0 radical (unpaired) electrons. The summed E-state index contributed by atoms with van der Waals surface area (Å²) in [6.07, 6.45) is 5.04. The lowest BCUT2D eigenvalue weighted by Gasteiger charge is -2.28. The molecule has 3 heteroatoms. The lowest BCUT2D eigenvalue weighted by Crippen LogP contribution is -2.26. The molecule has 1 aromatic rings. The van der Waals surface area contributed by atoms with E-state index in [1.165, 1.54) is 25.7 Å². The second-order valence-corrected chi connectivity index (χ2v) is 5.03. The zero-order chi connectivity index (χ0) is 12.3. The normalized spacial score (nSPS) is 24.0. The number of hydrogen-bond donors (Lipinski definition) is 2. The Kier molecular flexibility index (Phi) is 3.53. The molecular formula is C14H19N3. The summed E-state index contributed by atoms with van der Waals surface area (Å²) in [6, 6.07) is 8.07. The van der Waals surface area contributed by atoms with Crippen LogP contribution in [0.4, 0.5) is 11.4 Å². The van der Waals surface area contributed by atoms with Gasteiger partial charge in [-0.25, -0.2) is 0 Å². The molecule has 0 bridgehead atoms. The van der Waals surface area contributed by atoms with Gasteiger partial charge in [0.15, 0.2) is 0 Å². The first-order chi connectivity index (χ1) is 8.19. The number of nitrogens with one attached hydrogen (secondary N) is 1. The van der Waals surface area contributed by atoms with Crippen LogP contribution >= 0.6 is 0 Å². The van der Waals surface area contributed by atoms with E-state index in [-0.39, 0.29) is 0 Å². The number of benzene rings is 1. The number of nitrogens with two attached hydrogens (primary N) is 1. The maximum atomic E-state index is 8.78. The van der Waals surface area contributed by atoms with E-state index in [1.54, 1.807) is 6.07 Å². The Hall–Kier alpha value is -1.69. The third-order valence-electron chi connectivity index (χ3n) is 3.48. The Morgan fingerprint density at radius 2 is 2.24 bits per heavy atom. The molecule has 2 rings (SSSR count). The van der Waals surface area contributed by atoms with Crippen molar-refractivity contribution in [2.45, 2.75) is 38.6 Å². The summed E-state index contributed by atoms with van der Waals surface area (Å²) in [5.41, 5.74) is 8.18. The van der Waals surface area contributed by atoms with E-state index in [2.05, 4.69) is 18.3 Å². The van der Waals surface area contributed by atoms with E-state index in [1.807, 2.05) is 12.1 Å². The first-order valence-electron chi connectivity index (χ1n) is 6.25. The average molecular weight is 229 g/mol. The first kappa shape index (κ1) is 11.8. The van der Waals surface area contributed by atoms with Crippen molar-refractivity contribution < 1.29 is 0 Å². The Bertz CT molecular complexity index is 434. The highest BCUT2D eigenvalue weighted by atomic mass is 14.9. The maximum Gasteiger partial charge on any atom is 0.0992 e. The Balaban J connectivity index is 2.06. The molecule has 0 aromatic heterocycles. The fourth-order valence-corrected chi connectivity index (χ4v) is 2.55. The van der Waals surface area contributed by atoms with Crippen molar-refractivity contribution in [1.29, 1.82) is 5.26 Å². The summed E-state index contributed by atoms with van der Waals surface area (Å²) in [5.74, 6) is 0.792. The number of rotatable bonds is 2. The molecule has 1 aliphatic carbocycles. The van der Waals surface area contributed by atoms with Gasteiger partial charge in [-0.05, 0) is 37.0 Å². The summed E-state index contributed by atoms with van der Waals surface area (Å²) in [5, 5.41) is 12.3. The van der Waals surface area contributed by atoms with Gasteiger partial charge in [-0.1, -0.05) is 19.8 Å². The molecule has 1 aliphatic rings. The monoisotopic (exact) mass is 229 g/mol. The van der Waals surface area contributed by atoms with E-state index < -0.39 is 0 Å². The highest BCUT2D eigenvalue weighted by Crippen LogP contribution is 2.28. The standard InChI is InChI=1S/C14H19N3/c1-10-3-2-4-12(7-10)17-14-6-5-11(9-15)8-13(14)16/h5-6,8,10,12,17H,2-4,7,16H2,1H3. The first-order valence-corrected chi connectivity index (χ1v) is 6.25. The van der Waals surface area contributed by atoms with Crippen molar-refractivity contribution in [3.8, 4) is 6.07 Å². The number of nitrogens with zero attached hydrogens (tertiary/aromatic N) is 1. The lowest BCUT2D eigenvalue weighted by molar-refractivity contribution is 0.359. The van der Waals surface area contributed by atoms with Crippen LogP contribution in [0, 0.1) is 17.2 Å². The molecule has 2 atom stereocenters. The Morgan fingerprint density at radius 3 is 2.88 bits per heavy atom. The van der Waals surface area contributed by atoms with Crippen LogP contribution in [0.1, 0.15) is 38.2 Å². The van der Waals surface area contributed by atoms with Gasteiger partial charge in [-0.15, -0.1) is 0 Å². The summed E-state index contributed by atoms with van der Waals surface area (Å²) in [4.78, 5) is 0. The van der Waals surface area contributed by atoms with Crippen molar-refractivity contribution in [3.05, 3.63) is 23.8 Å². The van der Waals surface area contributed by atoms with Crippen LogP contribution < -0.4 is 11.1 Å². The van der Waals surface area contributed by atoms with E-state index in [0.29, 0.717) is 17.3 Å². The largest absolute Gasteiger partial charge is 0.397 e. The van der Waals surface area contributed by atoms with Crippen LogP contribution in [-0.4, -0.2) is 6.04 Å². The quantitative estimate of drug-likeness (QED) is 0.766. The molecule has 0 saturated heterocycles. The topological polar surface area (TPSA) is 61.8 Å². The number of nitriles is 1. The van der Waals surface area contributed by atoms with Gasteiger partial charge in [-0.2, -0.15) is 5.26 Å². The Labute approximate surface area is 103 Å².